The van der Waals surface area contributed by atoms with E-state index in [9.17, 15) is 19.7 Å². The molecule has 1 aromatic rings. The standard InChI is InChI=1S/C17H15N3O5S/c1-3-7-19-16(22)13(15(21)18-17(19)26)10-11-9-12(20(23)24)5-6-14(11)25-8-4-2/h3-6,9-10H,1-2,7-8H2,(H,18,21,26)/b13-10+. The number of nitrogens with one attached hydrogen (secondary N) is 1. The second kappa shape index (κ2) is 8.17. The number of nitrogens with zero attached hydrogens (tertiary/aromatic N) is 2. The largest absolute Gasteiger partial charge is 0.489 e. The second-order valence-electron chi connectivity index (χ2n) is 5.10. The maximum atomic E-state index is 12.6. The summed E-state index contributed by atoms with van der Waals surface area (Å²) >= 11 is 4.98. The van der Waals surface area contributed by atoms with Crippen LogP contribution in [-0.2, 0) is 9.59 Å². The molecule has 0 unspecified atom stereocenters. The number of hydrogen-bond donors (Lipinski definition) is 1. The molecule has 2 amide bonds. The van der Waals surface area contributed by atoms with Gasteiger partial charge >= 0.3 is 0 Å². The number of ether oxygens (including phenoxy) is 1. The topological polar surface area (TPSA) is 102 Å². The maximum Gasteiger partial charge on any atom is 0.270 e. The summed E-state index contributed by atoms with van der Waals surface area (Å²) in [5.41, 5.74) is -0.208. The predicted octanol–water partition coefficient (Wildman–Crippen LogP) is 1.97. The normalized spacial score (nSPS) is 15.6. The SMILES string of the molecule is C=CCOc1ccc([N+](=O)[O-])cc1/C=C1\C(=O)NC(=S)N(CC=C)C1=O. The molecule has 1 saturated heterocycles. The fraction of sp³-hybridized carbons (Fsp3) is 0.118. The number of non-ortho nitro benzene ring substituents is 1. The van der Waals surface area contributed by atoms with E-state index in [1.54, 1.807) is 0 Å². The molecule has 1 aliphatic rings. The van der Waals surface area contributed by atoms with E-state index in [1.165, 1.54) is 36.4 Å². The van der Waals surface area contributed by atoms with Gasteiger partial charge in [0.05, 0.1) is 4.92 Å². The minimum absolute atomic E-state index is 0.0285. The van der Waals surface area contributed by atoms with Crippen LogP contribution < -0.4 is 10.1 Å². The number of hydrogen-bond acceptors (Lipinski definition) is 6. The maximum absolute atomic E-state index is 12.6. The van der Waals surface area contributed by atoms with Crippen LogP contribution in [0.2, 0.25) is 0 Å². The van der Waals surface area contributed by atoms with E-state index in [4.69, 9.17) is 17.0 Å². The van der Waals surface area contributed by atoms with Crippen molar-refractivity contribution in [1.82, 2.24) is 10.2 Å². The van der Waals surface area contributed by atoms with E-state index >= 15 is 0 Å². The summed E-state index contributed by atoms with van der Waals surface area (Å²) in [5.74, 6) is -1.05. The van der Waals surface area contributed by atoms with Crippen LogP contribution in [0.5, 0.6) is 5.75 Å². The van der Waals surface area contributed by atoms with Crippen molar-refractivity contribution in [2.45, 2.75) is 0 Å². The molecule has 0 bridgehead atoms. The molecular weight excluding hydrogens is 358 g/mol. The van der Waals surface area contributed by atoms with Gasteiger partial charge in [0.1, 0.15) is 17.9 Å². The van der Waals surface area contributed by atoms with Gasteiger partial charge in [0.15, 0.2) is 5.11 Å². The van der Waals surface area contributed by atoms with Crippen molar-refractivity contribution in [2.24, 2.45) is 0 Å². The predicted molar refractivity (Wildman–Crippen MR) is 99.4 cm³/mol. The summed E-state index contributed by atoms with van der Waals surface area (Å²) < 4.78 is 5.44. The van der Waals surface area contributed by atoms with Gasteiger partial charge in [-0.2, -0.15) is 0 Å². The Morgan fingerprint density at radius 1 is 1.31 bits per heavy atom. The van der Waals surface area contributed by atoms with Gasteiger partial charge in [-0.1, -0.05) is 18.7 Å². The zero-order valence-corrected chi connectivity index (χ0v) is 14.5. The summed E-state index contributed by atoms with van der Waals surface area (Å²) in [6.07, 6.45) is 4.20. The lowest BCUT2D eigenvalue weighted by molar-refractivity contribution is -0.384. The Balaban J connectivity index is 2.52. The van der Waals surface area contributed by atoms with E-state index in [0.29, 0.717) is 0 Å². The Labute approximate surface area is 154 Å². The van der Waals surface area contributed by atoms with Crippen LogP contribution in [0.25, 0.3) is 6.08 Å². The molecule has 1 aliphatic heterocycles. The van der Waals surface area contributed by atoms with Crippen LogP contribution in [0.4, 0.5) is 5.69 Å². The van der Waals surface area contributed by atoms with Gasteiger partial charge in [-0.15, -0.1) is 6.58 Å². The summed E-state index contributed by atoms with van der Waals surface area (Å²) in [7, 11) is 0. The Kier molecular flexibility index (Phi) is 5.97. The number of rotatable bonds is 7. The molecule has 1 N–H and O–H groups in total. The molecule has 26 heavy (non-hydrogen) atoms. The molecule has 0 atom stereocenters. The minimum atomic E-state index is -0.693. The molecule has 134 valence electrons. The molecule has 0 radical (unpaired) electrons. The number of benzene rings is 1. The number of carbonyl (C=O) groups excluding carboxylic acids is 2. The van der Waals surface area contributed by atoms with Gasteiger partial charge in [-0.05, 0) is 24.4 Å². The van der Waals surface area contributed by atoms with E-state index < -0.39 is 16.7 Å². The summed E-state index contributed by atoms with van der Waals surface area (Å²) in [6.45, 7) is 7.34. The van der Waals surface area contributed by atoms with Gasteiger partial charge < -0.3 is 4.74 Å². The number of nitro groups is 1. The highest BCUT2D eigenvalue weighted by atomic mass is 32.1. The van der Waals surface area contributed by atoms with Crippen molar-refractivity contribution in [1.29, 1.82) is 0 Å². The highest BCUT2D eigenvalue weighted by Gasteiger charge is 2.33. The molecular formula is C17H15N3O5S. The first-order valence-electron chi connectivity index (χ1n) is 7.41. The molecule has 0 saturated carbocycles. The molecule has 1 heterocycles. The highest BCUT2D eigenvalue weighted by molar-refractivity contribution is 7.80. The lowest BCUT2D eigenvalue weighted by atomic mass is 10.1. The molecule has 2 rings (SSSR count). The van der Waals surface area contributed by atoms with E-state index in [0.717, 1.165) is 4.90 Å². The van der Waals surface area contributed by atoms with Gasteiger partial charge in [0.2, 0.25) is 0 Å². The summed E-state index contributed by atoms with van der Waals surface area (Å²) in [4.78, 5) is 36.3. The lowest BCUT2D eigenvalue weighted by Crippen LogP contribution is -2.53. The first-order valence-corrected chi connectivity index (χ1v) is 7.81. The van der Waals surface area contributed by atoms with Gasteiger partial charge in [0.25, 0.3) is 17.5 Å². The number of nitro benzene ring substituents is 1. The monoisotopic (exact) mass is 373 g/mol. The summed E-state index contributed by atoms with van der Waals surface area (Å²) in [6, 6.07) is 3.88. The van der Waals surface area contributed by atoms with Gasteiger partial charge in [-0.3, -0.25) is 29.9 Å². The number of amides is 2. The Morgan fingerprint density at radius 3 is 2.65 bits per heavy atom. The Hall–Kier alpha value is -3.33. The Morgan fingerprint density at radius 2 is 2.04 bits per heavy atom. The minimum Gasteiger partial charge on any atom is -0.489 e. The molecule has 0 spiro atoms. The zero-order valence-electron chi connectivity index (χ0n) is 13.6. The van der Waals surface area contributed by atoms with Gasteiger partial charge in [0, 0.05) is 24.2 Å². The van der Waals surface area contributed by atoms with Crippen molar-refractivity contribution in [3.63, 3.8) is 0 Å². The molecule has 0 aromatic heterocycles. The molecule has 9 heteroatoms. The second-order valence-corrected chi connectivity index (χ2v) is 5.49. The van der Waals surface area contributed by atoms with E-state index in [-0.39, 0.29) is 40.8 Å². The van der Waals surface area contributed by atoms with Crippen molar-refractivity contribution < 1.29 is 19.2 Å². The van der Waals surface area contributed by atoms with Crippen LogP contribution in [0.1, 0.15) is 5.56 Å². The third-order valence-corrected chi connectivity index (χ3v) is 3.68. The van der Waals surface area contributed by atoms with Crippen LogP contribution in [0, 0.1) is 10.1 Å². The van der Waals surface area contributed by atoms with Crippen molar-refractivity contribution in [2.75, 3.05) is 13.2 Å². The lowest BCUT2D eigenvalue weighted by Gasteiger charge is -2.27. The summed E-state index contributed by atoms with van der Waals surface area (Å²) in [5, 5.41) is 13.4. The first kappa shape index (κ1) is 19.0. The van der Waals surface area contributed by atoms with Crippen molar-refractivity contribution in [3.05, 3.63) is 64.8 Å². The van der Waals surface area contributed by atoms with Crippen LogP contribution in [0.15, 0.2) is 49.1 Å². The molecule has 8 nitrogen and oxygen atoms in total. The highest BCUT2D eigenvalue weighted by Crippen LogP contribution is 2.27. The van der Waals surface area contributed by atoms with Crippen molar-refractivity contribution >= 4 is 40.9 Å². The Bertz CT molecular complexity index is 847. The quantitative estimate of drug-likeness (QED) is 0.196. The third-order valence-electron chi connectivity index (χ3n) is 3.36. The smallest absolute Gasteiger partial charge is 0.270 e. The van der Waals surface area contributed by atoms with E-state index in [1.807, 2.05) is 0 Å². The average Bonchev–Trinajstić information content (AvgIpc) is 2.60. The van der Waals surface area contributed by atoms with E-state index in [2.05, 4.69) is 18.5 Å². The number of carbonyl (C=O) groups is 2. The van der Waals surface area contributed by atoms with Crippen LogP contribution in [0.3, 0.4) is 0 Å². The third kappa shape index (κ3) is 4.01. The number of thiocarbonyl (C=S) groups is 1. The van der Waals surface area contributed by atoms with Gasteiger partial charge in [-0.25, -0.2) is 0 Å². The fourth-order valence-electron chi connectivity index (χ4n) is 2.19. The van der Waals surface area contributed by atoms with Crippen LogP contribution >= 0.6 is 12.2 Å². The van der Waals surface area contributed by atoms with Crippen LogP contribution in [-0.4, -0.2) is 39.9 Å². The zero-order chi connectivity index (χ0) is 19.3. The van der Waals surface area contributed by atoms with Crippen molar-refractivity contribution in [3.8, 4) is 5.75 Å². The molecule has 0 aliphatic carbocycles. The average molecular weight is 373 g/mol. The fourth-order valence-corrected chi connectivity index (χ4v) is 2.44. The molecule has 1 fully saturated rings. The first-order chi connectivity index (χ1) is 12.4. The molecule has 1 aromatic carbocycles.